The van der Waals surface area contributed by atoms with E-state index in [4.69, 9.17) is 0 Å². The molecule has 1 nitrogen and oxygen atoms in total. The minimum atomic E-state index is -0.465. The van der Waals surface area contributed by atoms with Crippen molar-refractivity contribution in [2.75, 3.05) is 0 Å². The summed E-state index contributed by atoms with van der Waals surface area (Å²) in [6, 6.07) is 0. The summed E-state index contributed by atoms with van der Waals surface area (Å²) in [7, 11) is 0. The molecule has 13 heavy (non-hydrogen) atoms. The van der Waals surface area contributed by atoms with Gasteiger partial charge in [-0.3, -0.25) is 0 Å². The Morgan fingerprint density at radius 2 is 1.54 bits per heavy atom. The van der Waals surface area contributed by atoms with Crippen LogP contribution < -0.4 is 0 Å². The van der Waals surface area contributed by atoms with E-state index in [9.17, 15) is 5.11 Å². The molecular formula is C12H26O. The van der Waals surface area contributed by atoms with Crippen LogP contribution in [0.25, 0.3) is 0 Å². The lowest BCUT2D eigenvalue weighted by Crippen LogP contribution is -2.30. The maximum Gasteiger partial charge on any atom is 0.0624 e. The molecule has 1 heteroatoms. The highest BCUT2D eigenvalue weighted by Crippen LogP contribution is 2.30. The van der Waals surface area contributed by atoms with E-state index in [1.807, 2.05) is 6.92 Å². The molecule has 0 saturated carbocycles. The van der Waals surface area contributed by atoms with Crippen LogP contribution in [0.1, 0.15) is 66.7 Å². The smallest absolute Gasteiger partial charge is 0.0624 e. The molecule has 0 aromatic carbocycles. The SMILES string of the molecule is CCCCC[C@@](C)(O)CC(C)(C)C. The molecule has 0 spiro atoms. The number of hydrogen-bond acceptors (Lipinski definition) is 1. The van der Waals surface area contributed by atoms with Gasteiger partial charge in [0.2, 0.25) is 0 Å². The van der Waals surface area contributed by atoms with Crippen molar-refractivity contribution in [3.8, 4) is 0 Å². The van der Waals surface area contributed by atoms with Gasteiger partial charge in [-0.2, -0.15) is 0 Å². The lowest BCUT2D eigenvalue weighted by atomic mass is 9.80. The normalized spacial score (nSPS) is 17.1. The summed E-state index contributed by atoms with van der Waals surface area (Å²) in [6.45, 7) is 10.7. The van der Waals surface area contributed by atoms with Crippen molar-refractivity contribution in [3.63, 3.8) is 0 Å². The largest absolute Gasteiger partial charge is 0.390 e. The second-order valence-electron chi connectivity index (χ2n) is 5.69. The molecule has 0 aliphatic carbocycles. The molecular weight excluding hydrogens is 160 g/mol. The topological polar surface area (TPSA) is 20.2 Å². The first-order valence-electron chi connectivity index (χ1n) is 5.49. The zero-order chi connectivity index (χ0) is 10.5. The molecule has 0 rings (SSSR count). The van der Waals surface area contributed by atoms with E-state index in [0.717, 1.165) is 19.3 Å². The molecule has 0 fully saturated rings. The van der Waals surface area contributed by atoms with E-state index < -0.39 is 5.60 Å². The quantitative estimate of drug-likeness (QED) is 0.648. The van der Waals surface area contributed by atoms with Crippen LogP contribution in [0.5, 0.6) is 0 Å². The fraction of sp³-hybridized carbons (Fsp3) is 1.00. The van der Waals surface area contributed by atoms with E-state index in [1.165, 1.54) is 12.8 Å². The highest BCUT2D eigenvalue weighted by molar-refractivity contribution is 4.79. The van der Waals surface area contributed by atoms with E-state index in [1.54, 1.807) is 0 Å². The van der Waals surface area contributed by atoms with Crippen molar-refractivity contribution in [3.05, 3.63) is 0 Å². The Labute approximate surface area is 83.5 Å². The predicted octanol–water partition coefficient (Wildman–Crippen LogP) is 3.75. The standard InChI is InChI=1S/C12H26O/c1-6-7-8-9-12(5,13)10-11(2,3)4/h13H,6-10H2,1-5H3/t12-/m1/s1. The molecule has 1 atom stereocenters. The first kappa shape index (κ1) is 13.0. The molecule has 0 unspecified atom stereocenters. The second kappa shape index (κ2) is 4.99. The highest BCUT2D eigenvalue weighted by Gasteiger charge is 2.26. The second-order valence-corrected chi connectivity index (χ2v) is 5.69. The number of unbranched alkanes of at least 4 members (excludes halogenated alkanes) is 2. The van der Waals surface area contributed by atoms with E-state index in [-0.39, 0.29) is 5.41 Å². The molecule has 0 aromatic rings. The average Bonchev–Trinajstić information content (AvgIpc) is 1.81. The van der Waals surface area contributed by atoms with Crippen LogP contribution in [0, 0.1) is 5.41 Å². The van der Waals surface area contributed by atoms with Gasteiger partial charge >= 0.3 is 0 Å². The van der Waals surface area contributed by atoms with Gasteiger partial charge in [0.15, 0.2) is 0 Å². The Morgan fingerprint density at radius 1 is 1.00 bits per heavy atom. The van der Waals surface area contributed by atoms with Crippen molar-refractivity contribution in [2.24, 2.45) is 5.41 Å². The molecule has 0 saturated heterocycles. The molecule has 0 bridgehead atoms. The highest BCUT2D eigenvalue weighted by atomic mass is 16.3. The third-order valence-corrected chi connectivity index (χ3v) is 2.23. The molecule has 0 aliphatic rings. The van der Waals surface area contributed by atoms with Crippen molar-refractivity contribution in [2.45, 2.75) is 72.3 Å². The molecule has 0 aromatic heterocycles. The molecule has 1 N–H and O–H groups in total. The van der Waals surface area contributed by atoms with Gasteiger partial charge in [-0.25, -0.2) is 0 Å². The minimum Gasteiger partial charge on any atom is -0.390 e. The van der Waals surface area contributed by atoms with Crippen molar-refractivity contribution >= 4 is 0 Å². The number of aliphatic hydroxyl groups is 1. The summed E-state index contributed by atoms with van der Waals surface area (Å²) in [5.41, 5.74) is -0.233. The fourth-order valence-electron chi connectivity index (χ4n) is 1.99. The van der Waals surface area contributed by atoms with Gasteiger partial charge in [-0.05, 0) is 25.2 Å². The average molecular weight is 186 g/mol. The maximum absolute atomic E-state index is 10.1. The van der Waals surface area contributed by atoms with Gasteiger partial charge in [0.05, 0.1) is 5.60 Å². The van der Waals surface area contributed by atoms with Crippen LogP contribution >= 0.6 is 0 Å². The first-order chi connectivity index (χ1) is 5.77. The maximum atomic E-state index is 10.1. The summed E-state index contributed by atoms with van der Waals surface area (Å²) in [5, 5.41) is 10.1. The molecule has 80 valence electrons. The van der Waals surface area contributed by atoms with Crippen LogP contribution in [0.3, 0.4) is 0 Å². The molecule has 0 amide bonds. The van der Waals surface area contributed by atoms with Gasteiger partial charge in [-0.1, -0.05) is 47.0 Å². The summed E-state index contributed by atoms with van der Waals surface area (Å²) in [4.78, 5) is 0. The van der Waals surface area contributed by atoms with Crippen LogP contribution in [0.4, 0.5) is 0 Å². The van der Waals surface area contributed by atoms with E-state index >= 15 is 0 Å². The summed E-state index contributed by atoms with van der Waals surface area (Å²) < 4.78 is 0. The van der Waals surface area contributed by atoms with Crippen LogP contribution in [-0.2, 0) is 0 Å². The van der Waals surface area contributed by atoms with Gasteiger partial charge in [0, 0.05) is 0 Å². The zero-order valence-electron chi connectivity index (χ0n) is 9.98. The van der Waals surface area contributed by atoms with Crippen molar-refractivity contribution < 1.29 is 5.11 Å². The Morgan fingerprint density at radius 3 is 1.92 bits per heavy atom. The summed E-state index contributed by atoms with van der Waals surface area (Å²) in [5.74, 6) is 0. The number of rotatable bonds is 5. The lowest BCUT2D eigenvalue weighted by molar-refractivity contribution is 0.00930. The number of hydrogen-bond donors (Lipinski definition) is 1. The Balaban J connectivity index is 3.80. The fourth-order valence-corrected chi connectivity index (χ4v) is 1.99. The van der Waals surface area contributed by atoms with Gasteiger partial charge in [0.1, 0.15) is 0 Å². The van der Waals surface area contributed by atoms with Gasteiger partial charge in [-0.15, -0.1) is 0 Å². The molecule has 0 aliphatic heterocycles. The third kappa shape index (κ3) is 8.29. The summed E-state index contributed by atoms with van der Waals surface area (Å²) in [6.07, 6.45) is 5.45. The Hall–Kier alpha value is -0.0400. The molecule has 0 heterocycles. The van der Waals surface area contributed by atoms with Crippen LogP contribution in [0.15, 0.2) is 0 Å². The predicted molar refractivity (Wildman–Crippen MR) is 58.8 cm³/mol. The van der Waals surface area contributed by atoms with Crippen molar-refractivity contribution in [1.29, 1.82) is 0 Å². The first-order valence-corrected chi connectivity index (χ1v) is 5.49. The van der Waals surface area contributed by atoms with E-state index in [0.29, 0.717) is 0 Å². The monoisotopic (exact) mass is 186 g/mol. The zero-order valence-corrected chi connectivity index (χ0v) is 9.98. The van der Waals surface area contributed by atoms with Crippen molar-refractivity contribution in [1.82, 2.24) is 0 Å². The third-order valence-electron chi connectivity index (χ3n) is 2.23. The molecule has 0 radical (unpaired) electrons. The van der Waals surface area contributed by atoms with Gasteiger partial charge in [0.25, 0.3) is 0 Å². The van der Waals surface area contributed by atoms with Gasteiger partial charge < -0.3 is 5.11 Å². The minimum absolute atomic E-state index is 0.232. The summed E-state index contributed by atoms with van der Waals surface area (Å²) >= 11 is 0. The Bertz CT molecular complexity index is 131. The van der Waals surface area contributed by atoms with E-state index in [2.05, 4.69) is 27.7 Å². The lowest BCUT2D eigenvalue weighted by Gasteiger charge is -2.31. The van der Waals surface area contributed by atoms with Crippen LogP contribution in [0.2, 0.25) is 0 Å². The van der Waals surface area contributed by atoms with Crippen LogP contribution in [-0.4, -0.2) is 10.7 Å². The Kier molecular flexibility index (Phi) is 4.98.